The van der Waals surface area contributed by atoms with Crippen molar-refractivity contribution >= 4 is 37.3 Å². The molecule has 222 valence electrons. The van der Waals surface area contributed by atoms with Crippen LogP contribution in [0.5, 0.6) is 0 Å². The maximum atomic E-state index is 11.2. The van der Waals surface area contributed by atoms with Crippen LogP contribution in [0.4, 0.5) is 11.4 Å². The summed E-state index contributed by atoms with van der Waals surface area (Å²) in [6, 6.07) is 16.5. The first-order chi connectivity index (χ1) is 19.1. The molecule has 41 heavy (non-hydrogen) atoms. The highest BCUT2D eigenvalue weighted by Gasteiger charge is 2.44. The Labute approximate surface area is 244 Å². The summed E-state index contributed by atoms with van der Waals surface area (Å²) < 4.78 is 67.2. The zero-order valence-electron chi connectivity index (χ0n) is 24.2. The fraction of sp³-hybridized carbons (Fsp3) is 0.452. The summed E-state index contributed by atoms with van der Waals surface area (Å²) in [5.41, 5.74) is 6.22. The highest BCUT2D eigenvalue weighted by molar-refractivity contribution is 7.85. The molecule has 2 aromatic rings. The third kappa shape index (κ3) is 6.99. The molecule has 0 bridgehead atoms. The van der Waals surface area contributed by atoms with Gasteiger partial charge in [-0.05, 0) is 50.8 Å². The molecule has 10 heteroatoms. The number of rotatable bonds is 12. The zero-order chi connectivity index (χ0) is 30.1. The van der Waals surface area contributed by atoms with E-state index in [4.69, 9.17) is 4.55 Å². The molecule has 0 saturated carbocycles. The fourth-order valence-corrected chi connectivity index (χ4v) is 7.22. The summed E-state index contributed by atoms with van der Waals surface area (Å²) in [4.78, 5) is 2.23. The van der Waals surface area contributed by atoms with Gasteiger partial charge in [0.15, 0.2) is 5.71 Å². The highest BCUT2D eigenvalue weighted by atomic mass is 32.2. The lowest BCUT2D eigenvalue weighted by Crippen LogP contribution is -2.28. The largest absolute Gasteiger partial charge is 0.748 e. The van der Waals surface area contributed by atoms with Gasteiger partial charge in [-0.3, -0.25) is 4.55 Å². The molecule has 0 fully saturated rings. The van der Waals surface area contributed by atoms with Crippen LogP contribution in [-0.2, 0) is 31.1 Å². The average Bonchev–Trinajstić information content (AvgIpc) is 3.23. The van der Waals surface area contributed by atoms with Crippen molar-refractivity contribution in [3.8, 4) is 0 Å². The summed E-state index contributed by atoms with van der Waals surface area (Å²) in [5.74, 6) is -0.617. The van der Waals surface area contributed by atoms with E-state index in [9.17, 15) is 21.4 Å². The van der Waals surface area contributed by atoms with Crippen molar-refractivity contribution in [2.45, 2.75) is 64.2 Å². The minimum atomic E-state index is -4.24. The molecule has 0 radical (unpaired) electrons. The normalized spacial score (nSPS) is 18.9. The van der Waals surface area contributed by atoms with Crippen LogP contribution < -0.4 is 4.90 Å². The fourth-order valence-electron chi connectivity index (χ4n) is 6.10. The smallest absolute Gasteiger partial charge is 0.264 e. The van der Waals surface area contributed by atoms with Gasteiger partial charge in [0.05, 0.1) is 21.3 Å². The van der Waals surface area contributed by atoms with E-state index in [1.807, 2.05) is 24.3 Å². The van der Waals surface area contributed by atoms with E-state index in [0.29, 0.717) is 38.8 Å². The van der Waals surface area contributed by atoms with E-state index >= 15 is 0 Å². The van der Waals surface area contributed by atoms with Crippen molar-refractivity contribution < 1.29 is 30.5 Å². The van der Waals surface area contributed by atoms with Gasteiger partial charge < -0.3 is 9.45 Å². The Hall–Kier alpha value is -2.79. The first-order valence-corrected chi connectivity index (χ1v) is 17.2. The number of allylic oxidation sites excluding steroid dienone is 4. The number of unbranched alkanes of at least 4 members (excludes halogenated alkanes) is 2. The van der Waals surface area contributed by atoms with Gasteiger partial charge in [-0.1, -0.05) is 56.3 Å². The van der Waals surface area contributed by atoms with E-state index < -0.39 is 20.2 Å². The lowest BCUT2D eigenvalue weighted by Gasteiger charge is -2.27. The van der Waals surface area contributed by atoms with Gasteiger partial charge >= 0.3 is 0 Å². The lowest BCUT2D eigenvalue weighted by atomic mass is 9.81. The molecule has 8 nitrogen and oxygen atoms in total. The number of fused-ring (bicyclic) bond motifs is 2. The van der Waals surface area contributed by atoms with Crippen molar-refractivity contribution in [3.63, 3.8) is 0 Å². The number of para-hydroxylation sites is 2. The Morgan fingerprint density at radius 2 is 1.49 bits per heavy atom. The lowest BCUT2D eigenvalue weighted by molar-refractivity contribution is -0.438. The van der Waals surface area contributed by atoms with Crippen molar-refractivity contribution in [1.29, 1.82) is 0 Å². The molecule has 2 aliphatic rings. The Balaban J connectivity index is 1.65. The molecule has 1 N–H and O–H groups in total. The predicted octanol–water partition coefficient (Wildman–Crippen LogP) is 5.29. The number of hydrogen-bond donors (Lipinski definition) is 1. The maximum Gasteiger partial charge on any atom is 0.264 e. The SMILES string of the molecule is CC1(C)C(/C=C/C=C2/N(CCCCS(=O)(=O)[O-])c3ccccc3C2(C)C)=[N+](CCCCS(=O)(=O)O)c2ccccc21. The van der Waals surface area contributed by atoms with Gasteiger partial charge in [0.25, 0.3) is 10.1 Å². The van der Waals surface area contributed by atoms with Crippen molar-refractivity contribution in [1.82, 2.24) is 0 Å². The maximum absolute atomic E-state index is 11.2. The minimum Gasteiger partial charge on any atom is -0.748 e. The third-order valence-electron chi connectivity index (χ3n) is 8.17. The Bertz CT molecular complexity index is 1600. The van der Waals surface area contributed by atoms with Crippen molar-refractivity contribution in [2.75, 3.05) is 29.5 Å². The molecule has 0 saturated heterocycles. The molecule has 0 aromatic heterocycles. The van der Waals surface area contributed by atoms with Crippen LogP contribution >= 0.6 is 0 Å². The monoisotopic (exact) mass is 600 g/mol. The van der Waals surface area contributed by atoms with E-state index in [0.717, 1.165) is 22.8 Å². The van der Waals surface area contributed by atoms with Gasteiger partial charge in [-0.25, -0.2) is 8.42 Å². The zero-order valence-corrected chi connectivity index (χ0v) is 25.8. The van der Waals surface area contributed by atoms with E-state index in [1.165, 1.54) is 11.1 Å². The summed E-state index contributed by atoms with van der Waals surface area (Å²) in [5, 5.41) is 0. The van der Waals surface area contributed by atoms with Gasteiger partial charge in [0, 0.05) is 53.2 Å². The molecule has 2 aromatic carbocycles. The van der Waals surface area contributed by atoms with E-state index in [-0.39, 0.29) is 22.3 Å². The topological polar surface area (TPSA) is 118 Å². The second-order valence-electron chi connectivity index (χ2n) is 11.8. The molecule has 0 aliphatic carbocycles. The van der Waals surface area contributed by atoms with Crippen molar-refractivity contribution in [2.24, 2.45) is 0 Å². The first kappa shape index (κ1) is 31.2. The number of benzene rings is 2. The second-order valence-corrected chi connectivity index (χ2v) is 14.9. The number of anilines is 1. The number of nitrogens with zero attached hydrogens (tertiary/aromatic N) is 2. The van der Waals surface area contributed by atoms with Crippen LogP contribution in [0.25, 0.3) is 0 Å². The van der Waals surface area contributed by atoms with E-state index in [1.54, 1.807) is 0 Å². The number of hydrogen-bond acceptors (Lipinski definition) is 6. The van der Waals surface area contributed by atoms with Crippen LogP contribution in [-0.4, -0.2) is 60.8 Å². The van der Waals surface area contributed by atoms with Gasteiger partial charge in [-0.2, -0.15) is 13.0 Å². The summed E-state index contributed by atoms with van der Waals surface area (Å²) in [7, 11) is -8.23. The molecule has 0 amide bonds. The van der Waals surface area contributed by atoms with Gasteiger partial charge in [-0.15, -0.1) is 0 Å². The summed E-state index contributed by atoms with van der Waals surface area (Å²) >= 11 is 0. The minimum absolute atomic E-state index is 0.255. The molecule has 4 rings (SSSR count). The van der Waals surface area contributed by atoms with Crippen molar-refractivity contribution in [3.05, 3.63) is 83.6 Å². The predicted molar refractivity (Wildman–Crippen MR) is 163 cm³/mol. The Morgan fingerprint density at radius 3 is 2.17 bits per heavy atom. The van der Waals surface area contributed by atoms with Crippen LogP contribution in [0.1, 0.15) is 64.5 Å². The van der Waals surface area contributed by atoms with E-state index in [2.05, 4.69) is 79.7 Å². The van der Waals surface area contributed by atoms with Gasteiger partial charge in [0.2, 0.25) is 5.69 Å². The quantitative estimate of drug-likeness (QED) is 0.200. The van der Waals surface area contributed by atoms with Crippen LogP contribution in [0.15, 0.2) is 72.5 Å². The Morgan fingerprint density at radius 1 is 0.854 bits per heavy atom. The standard InChI is InChI=1S/C31H40N2O6S2/c1-30(2)24-14-5-7-16-26(24)32(20-9-11-22-40(34,35)36)28(30)18-13-19-29-31(3,4)25-15-6-8-17-27(25)33(29)21-10-12-23-41(37,38)39/h5-8,13-19H,9-12,20-23H2,1-4H3,(H-,34,35,36,37,38,39). The molecule has 2 aliphatic heterocycles. The Kier molecular flexibility index (Phi) is 8.99. The second kappa shape index (κ2) is 11.8. The molecular weight excluding hydrogens is 560 g/mol. The molecule has 2 heterocycles. The molecular formula is C31H40N2O6S2. The molecule has 0 atom stereocenters. The first-order valence-electron chi connectivity index (χ1n) is 14.0. The highest BCUT2D eigenvalue weighted by Crippen LogP contribution is 2.47. The third-order valence-corrected chi connectivity index (χ3v) is 9.76. The van der Waals surface area contributed by atoms with Crippen LogP contribution in [0.3, 0.4) is 0 Å². The summed E-state index contributed by atoms with van der Waals surface area (Å²) in [6.07, 6.45) is 8.16. The van der Waals surface area contributed by atoms with Gasteiger partial charge in [0.1, 0.15) is 6.54 Å². The summed E-state index contributed by atoms with van der Waals surface area (Å²) in [6.45, 7) is 9.95. The van der Waals surface area contributed by atoms with Crippen LogP contribution in [0, 0.1) is 0 Å². The molecule has 0 unspecified atom stereocenters. The molecule has 0 spiro atoms. The van der Waals surface area contributed by atoms with Crippen LogP contribution in [0.2, 0.25) is 0 Å². The average molecular weight is 601 g/mol.